The molecule has 0 N–H and O–H groups in total. The van der Waals surface area contributed by atoms with E-state index in [-0.39, 0.29) is 24.0 Å². The van der Waals surface area contributed by atoms with Gasteiger partial charge in [0, 0.05) is 0 Å². The Labute approximate surface area is 147 Å². The summed E-state index contributed by atoms with van der Waals surface area (Å²) in [5.74, 6) is -1.33. The number of hydrogen-bond acceptors (Lipinski definition) is 4. The van der Waals surface area contributed by atoms with E-state index in [1.165, 1.54) is 0 Å². The van der Waals surface area contributed by atoms with Crippen molar-refractivity contribution in [3.8, 4) is 0 Å². The minimum Gasteiger partial charge on any atom is -0.465 e. The molecule has 1 amide bonds. The van der Waals surface area contributed by atoms with E-state index in [0.29, 0.717) is 13.2 Å². The summed E-state index contributed by atoms with van der Waals surface area (Å²) < 4.78 is 11.4. The number of rotatable bonds is 5. The Bertz CT molecular complexity index is 716. The van der Waals surface area contributed by atoms with Crippen LogP contribution in [-0.4, -0.2) is 41.6 Å². The molecule has 0 saturated carbocycles. The monoisotopic (exact) mass is 341 g/mol. The average Bonchev–Trinajstić information content (AvgIpc) is 3.28. The molecule has 5 nitrogen and oxygen atoms in total. The standard InChI is InChI=1S/C20H23NO4/c1-3-11-24-19(23)16-15-9-10-20(25-15)12-21(18(22)17(16)20)13(2)14-7-5-4-6-8-14/h4-10,13,15-17H,3,11-12H2,1-2H3/t13-,15-,16-,17+,20+/m1/s1. The molecule has 3 heterocycles. The van der Waals surface area contributed by atoms with E-state index in [1.807, 2.05) is 61.2 Å². The summed E-state index contributed by atoms with van der Waals surface area (Å²) in [4.78, 5) is 27.5. The number of ether oxygens (including phenoxy) is 2. The number of carbonyl (C=O) groups excluding carboxylic acids is 2. The largest absolute Gasteiger partial charge is 0.465 e. The number of fused-ring (bicyclic) bond motifs is 1. The van der Waals surface area contributed by atoms with E-state index >= 15 is 0 Å². The highest BCUT2D eigenvalue weighted by Gasteiger charge is 2.67. The van der Waals surface area contributed by atoms with Crippen molar-refractivity contribution < 1.29 is 19.1 Å². The third kappa shape index (κ3) is 2.41. The third-order valence-corrected chi connectivity index (χ3v) is 5.60. The quantitative estimate of drug-likeness (QED) is 0.610. The number of benzene rings is 1. The molecule has 1 spiro atoms. The number of likely N-dealkylation sites (tertiary alicyclic amines) is 1. The molecule has 25 heavy (non-hydrogen) atoms. The smallest absolute Gasteiger partial charge is 0.312 e. The molecule has 3 aliphatic heterocycles. The lowest BCUT2D eigenvalue weighted by atomic mass is 9.77. The molecule has 0 aromatic heterocycles. The van der Waals surface area contributed by atoms with Gasteiger partial charge in [-0.05, 0) is 18.9 Å². The molecule has 0 unspecified atom stereocenters. The second kappa shape index (κ2) is 5.99. The fraction of sp³-hybridized carbons (Fsp3) is 0.500. The van der Waals surface area contributed by atoms with Gasteiger partial charge in [0.25, 0.3) is 0 Å². The van der Waals surface area contributed by atoms with Crippen molar-refractivity contribution in [1.82, 2.24) is 4.90 Å². The lowest BCUT2D eigenvalue weighted by Gasteiger charge is -2.27. The number of hydrogen-bond donors (Lipinski definition) is 0. The fourth-order valence-electron chi connectivity index (χ4n) is 4.34. The number of nitrogens with zero attached hydrogens (tertiary/aromatic N) is 1. The van der Waals surface area contributed by atoms with Gasteiger partial charge in [0.2, 0.25) is 5.91 Å². The molecular weight excluding hydrogens is 318 g/mol. The van der Waals surface area contributed by atoms with Gasteiger partial charge < -0.3 is 14.4 Å². The molecule has 132 valence electrons. The zero-order valence-electron chi connectivity index (χ0n) is 14.6. The molecule has 2 fully saturated rings. The van der Waals surface area contributed by atoms with E-state index in [4.69, 9.17) is 9.47 Å². The summed E-state index contributed by atoms with van der Waals surface area (Å²) in [6.07, 6.45) is 4.31. The van der Waals surface area contributed by atoms with Crippen molar-refractivity contribution in [2.45, 2.75) is 38.0 Å². The summed E-state index contributed by atoms with van der Waals surface area (Å²) in [5, 5.41) is 0. The number of carbonyl (C=O) groups is 2. The lowest BCUT2D eigenvalue weighted by Crippen LogP contribution is -2.40. The second-order valence-electron chi connectivity index (χ2n) is 7.12. The average molecular weight is 341 g/mol. The molecule has 5 heteroatoms. The Balaban J connectivity index is 1.60. The Hall–Kier alpha value is -2.14. The van der Waals surface area contributed by atoms with Crippen LogP contribution < -0.4 is 0 Å². The van der Waals surface area contributed by atoms with Gasteiger partial charge in [-0.2, -0.15) is 0 Å². The van der Waals surface area contributed by atoms with Crippen LogP contribution in [-0.2, 0) is 19.1 Å². The van der Waals surface area contributed by atoms with E-state index in [9.17, 15) is 9.59 Å². The first-order valence-corrected chi connectivity index (χ1v) is 8.96. The maximum atomic E-state index is 13.2. The normalized spacial score (nSPS) is 33.6. The van der Waals surface area contributed by atoms with E-state index in [2.05, 4.69) is 0 Å². The van der Waals surface area contributed by atoms with Crippen LogP contribution in [0.4, 0.5) is 0 Å². The molecule has 0 radical (unpaired) electrons. The Morgan fingerprint density at radius 3 is 2.88 bits per heavy atom. The minimum absolute atomic E-state index is 0.0124. The van der Waals surface area contributed by atoms with Crippen LogP contribution in [0.5, 0.6) is 0 Å². The Morgan fingerprint density at radius 1 is 1.40 bits per heavy atom. The van der Waals surface area contributed by atoms with E-state index in [1.54, 1.807) is 0 Å². The van der Waals surface area contributed by atoms with Gasteiger partial charge in [-0.3, -0.25) is 9.59 Å². The van der Waals surface area contributed by atoms with Gasteiger partial charge >= 0.3 is 5.97 Å². The second-order valence-corrected chi connectivity index (χ2v) is 7.12. The summed E-state index contributed by atoms with van der Waals surface area (Å²) in [6, 6.07) is 9.88. The van der Waals surface area contributed by atoms with Gasteiger partial charge in [-0.15, -0.1) is 0 Å². The highest BCUT2D eigenvalue weighted by molar-refractivity contribution is 5.91. The van der Waals surface area contributed by atoms with Gasteiger partial charge in [-0.1, -0.05) is 49.4 Å². The highest BCUT2D eigenvalue weighted by atomic mass is 16.6. The fourth-order valence-corrected chi connectivity index (χ4v) is 4.34. The molecular formula is C20H23NO4. The molecule has 4 rings (SSSR count). The molecule has 1 aromatic carbocycles. The number of amides is 1. The molecule has 0 aliphatic carbocycles. The lowest BCUT2D eigenvalue weighted by molar-refractivity contribution is -0.154. The van der Waals surface area contributed by atoms with Gasteiger partial charge in [0.15, 0.2) is 0 Å². The zero-order chi connectivity index (χ0) is 17.6. The molecule has 2 bridgehead atoms. The van der Waals surface area contributed by atoms with Gasteiger partial charge in [0.1, 0.15) is 11.5 Å². The third-order valence-electron chi connectivity index (χ3n) is 5.60. The zero-order valence-corrected chi connectivity index (χ0v) is 14.6. The van der Waals surface area contributed by atoms with Crippen molar-refractivity contribution >= 4 is 11.9 Å². The number of esters is 1. The van der Waals surface area contributed by atoms with Crippen LogP contribution in [0.2, 0.25) is 0 Å². The van der Waals surface area contributed by atoms with Crippen molar-refractivity contribution in [3.05, 3.63) is 48.0 Å². The molecule has 1 aromatic rings. The first kappa shape index (κ1) is 16.3. The van der Waals surface area contributed by atoms with Crippen LogP contribution in [0.1, 0.15) is 31.9 Å². The Kier molecular flexibility index (Phi) is 3.91. The summed E-state index contributed by atoms with van der Waals surface area (Å²) in [6.45, 7) is 4.84. The summed E-state index contributed by atoms with van der Waals surface area (Å²) >= 11 is 0. The topological polar surface area (TPSA) is 55.8 Å². The van der Waals surface area contributed by atoms with Crippen LogP contribution in [0.15, 0.2) is 42.5 Å². The van der Waals surface area contributed by atoms with Crippen LogP contribution >= 0.6 is 0 Å². The predicted octanol–water partition coefficient (Wildman–Crippen LogP) is 2.48. The van der Waals surface area contributed by atoms with E-state index in [0.717, 1.165) is 12.0 Å². The maximum absolute atomic E-state index is 13.2. The first-order chi connectivity index (χ1) is 12.1. The van der Waals surface area contributed by atoms with Crippen molar-refractivity contribution in [2.75, 3.05) is 13.2 Å². The van der Waals surface area contributed by atoms with Crippen molar-refractivity contribution in [1.29, 1.82) is 0 Å². The molecule has 3 aliphatic rings. The van der Waals surface area contributed by atoms with Gasteiger partial charge in [0.05, 0.1) is 31.2 Å². The molecule has 2 saturated heterocycles. The van der Waals surface area contributed by atoms with Crippen LogP contribution in [0.25, 0.3) is 0 Å². The van der Waals surface area contributed by atoms with Crippen molar-refractivity contribution in [2.24, 2.45) is 11.8 Å². The molecule has 5 atom stereocenters. The van der Waals surface area contributed by atoms with Crippen molar-refractivity contribution in [3.63, 3.8) is 0 Å². The first-order valence-electron chi connectivity index (χ1n) is 8.96. The predicted molar refractivity (Wildman–Crippen MR) is 91.5 cm³/mol. The summed E-state index contributed by atoms with van der Waals surface area (Å²) in [5.41, 5.74) is 0.400. The highest BCUT2D eigenvalue weighted by Crippen LogP contribution is 2.53. The van der Waals surface area contributed by atoms with E-state index < -0.39 is 17.4 Å². The van der Waals surface area contributed by atoms with Crippen LogP contribution in [0.3, 0.4) is 0 Å². The minimum atomic E-state index is -0.680. The summed E-state index contributed by atoms with van der Waals surface area (Å²) in [7, 11) is 0. The Morgan fingerprint density at radius 2 is 2.16 bits per heavy atom. The van der Waals surface area contributed by atoms with Crippen LogP contribution in [0, 0.1) is 11.8 Å². The SMILES string of the molecule is CCCOC(=O)[C@H]1[C@H]2C(=O)N([C@H](C)c3ccccc3)C[C@@]23C=C[C@H]1O3. The maximum Gasteiger partial charge on any atom is 0.312 e. The van der Waals surface area contributed by atoms with Gasteiger partial charge in [-0.25, -0.2) is 0 Å².